The van der Waals surface area contributed by atoms with Crippen LogP contribution >= 0.6 is 0 Å². The van der Waals surface area contributed by atoms with Crippen molar-refractivity contribution in [2.45, 2.75) is 13.0 Å². The van der Waals surface area contributed by atoms with Crippen molar-refractivity contribution in [3.8, 4) is 0 Å². The van der Waals surface area contributed by atoms with Crippen LogP contribution in [0.1, 0.15) is 6.92 Å². The van der Waals surface area contributed by atoms with Crippen molar-refractivity contribution in [2.75, 3.05) is 0 Å². The molecule has 0 aliphatic rings. The maximum absolute atomic E-state index is 10.1. The van der Waals surface area contributed by atoms with Crippen molar-refractivity contribution in [1.82, 2.24) is 0 Å². The zero-order valence-electron chi connectivity index (χ0n) is 4.70. The molecule has 8 heteroatoms. The van der Waals surface area contributed by atoms with Crippen LogP contribution in [0.25, 0.3) is 0 Å². The van der Waals surface area contributed by atoms with Gasteiger partial charge in [-0.25, -0.2) is 9.59 Å². The van der Waals surface area contributed by atoms with Crippen LogP contribution < -0.4 is 0 Å². The van der Waals surface area contributed by atoms with E-state index in [9.17, 15) is 9.59 Å². The second-order valence-electron chi connectivity index (χ2n) is 1.36. The third-order valence-electron chi connectivity index (χ3n) is 0.529. The first-order valence-corrected chi connectivity index (χ1v) is 2.16. The molecule has 0 aliphatic carbocycles. The molecule has 12 heavy (non-hydrogen) atoms. The number of aliphatic hydroxyl groups is 1. The number of carboxylic acid groups (broad SMARTS) is 1. The quantitative estimate of drug-likeness (QED) is 0.295. The van der Waals surface area contributed by atoms with Crippen molar-refractivity contribution in [3.63, 3.8) is 0 Å². The van der Waals surface area contributed by atoms with E-state index in [1.807, 2.05) is 0 Å². The van der Waals surface area contributed by atoms with Crippen LogP contribution in [0.5, 0.6) is 0 Å². The Morgan fingerprint density at radius 3 is 1.67 bits per heavy atom. The van der Waals surface area contributed by atoms with Gasteiger partial charge in [-0.1, -0.05) is 0 Å². The molecule has 2 N–H and O–H groups in total. The molecule has 0 heterocycles. The Morgan fingerprint density at radius 1 is 1.25 bits per heavy atom. The molecular weight excluding hydrogens is 248 g/mol. The fourth-order valence-electron chi connectivity index (χ4n) is 0.171. The van der Waals surface area contributed by atoms with Gasteiger partial charge in [0.25, 0.3) is 0 Å². The topological polar surface area (TPSA) is 83.8 Å². The summed E-state index contributed by atoms with van der Waals surface area (Å²) in [6.45, 7) is 1.12. The summed E-state index contributed by atoms with van der Waals surface area (Å²) in [5.41, 5.74) is 0. The summed E-state index contributed by atoms with van der Waals surface area (Å²) in [5.74, 6) is -1.16. The van der Waals surface area contributed by atoms with Crippen molar-refractivity contribution >= 4 is 125 Å². The SMILES string of the molecule is CC(O)C(=O)OC(=O)O.[CaH2].[CaH2].[CaH2]. The van der Waals surface area contributed by atoms with Gasteiger partial charge >= 0.3 is 125 Å². The molecule has 0 saturated carbocycles. The van der Waals surface area contributed by atoms with Crippen molar-refractivity contribution in [2.24, 2.45) is 0 Å². The van der Waals surface area contributed by atoms with E-state index in [4.69, 9.17) is 10.2 Å². The summed E-state index contributed by atoms with van der Waals surface area (Å²) in [5, 5.41) is 16.1. The zero-order valence-corrected chi connectivity index (χ0v) is 4.70. The van der Waals surface area contributed by atoms with Gasteiger partial charge in [0.05, 0.1) is 0 Å². The van der Waals surface area contributed by atoms with Gasteiger partial charge in [0, 0.05) is 0 Å². The number of esters is 1. The number of ether oxygens (including phenoxy) is 1. The Labute approximate surface area is 159 Å². The Kier molecular flexibility index (Phi) is 27.5. The van der Waals surface area contributed by atoms with Gasteiger partial charge in [-0.3, -0.25) is 0 Å². The minimum atomic E-state index is -1.71. The van der Waals surface area contributed by atoms with E-state index < -0.39 is 18.2 Å². The van der Waals surface area contributed by atoms with Crippen LogP contribution in [0.15, 0.2) is 0 Å². The first kappa shape index (κ1) is 24.1. The predicted molar refractivity (Wildman–Crippen MR) is 51.4 cm³/mol. The Morgan fingerprint density at radius 2 is 1.58 bits per heavy atom. The van der Waals surface area contributed by atoms with Crippen LogP contribution in [-0.4, -0.2) is 142 Å². The molecule has 0 aliphatic heterocycles. The third-order valence-corrected chi connectivity index (χ3v) is 0.529. The molecule has 64 valence electrons. The van der Waals surface area contributed by atoms with Crippen LogP contribution in [0, 0.1) is 0 Å². The molecule has 0 rings (SSSR count). The van der Waals surface area contributed by atoms with Gasteiger partial charge in [-0.15, -0.1) is 0 Å². The molecule has 0 aromatic carbocycles. The van der Waals surface area contributed by atoms with Crippen LogP contribution in [0.2, 0.25) is 0 Å². The van der Waals surface area contributed by atoms with E-state index in [1.54, 1.807) is 0 Å². The number of hydrogen-bond acceptors (Lipinski definition) is 4. The summed E-state index contributed by atoms with van der Waals surface area (Å²) >= 11 is 0. The monoisotopic (exact) mass is 260 g/mol. The van der Waals surface area contributed by atoms with Gasteiger partial charge < -0.3 is 14.9 Å². The van der Waals surface area contributed by atoms with Crippen molar-refractivity contribution < 1.29 is 24.5 Å². The summed E-state index contributed by atoms with van der Waals surface area (Å²) in [6.07, 6.45) is -3.10. The number of carbonyl (C=O) groups excluding carboxylic acids is 1. The van der Waals surface area contributed by atoms with E-state index in [0.29, 0.717) is 0 Å². The molecule has 0 radical (unpaired) electrons. The second-order valence-corrected chi connectivity index (χ2v) is 1.36. The second kappa shape index (κ2) is 13.7. The average molecular weight is 260 g/mol. The predicted octanol–water partition coefficient (Wildman–Crippen LogP) is -3.16. The summed E-state index contributed by atoms with van der Waals surface area (Å²) in [4.78, 5) is 19.7. The fraction of sp³-hybridized carbons (Fsp3) is 0.500. The first-order chi connectivity index (χ1) is 4.04. The summed E-state index contributed by atoms with van der Waals surface area (Å²) in [7, 11) is 0. The van der Waals surface area contributed by atoms with Gasteiger partial charge in [-0.2, -0.15) is 0 Å². The molecule has 0 aromatic heterocycles. The van der Waals surface area contributed by atoms with Crippen molar-refractivity contribution in [3.05, 3.63) is 0 Å². The molecule has 0 spiro atoms. The molecular formula is C4H12Ca3O5. The van der Waals surface area contributed by atoms with E-state index in [0.717, 1.165) is 6.92 Å². The molecule has 0 saturated heterocycles. The Bertz CT molecular complexity index is 137. The standard InChI is InChI=1S/C4H6O5.3Ca.6H/c1-2(5)3(6)9-4(7)8;;;;;;;;;/h2,5H,1H3,(H,7,8);;;;;;;;;. The molecule has 1 unspecified atom stereocenters. The van der Waals surface area contributed by atoms with Gasteiger partial charge in [0.2, 0.25) is 0 Å². The van der Waals surface area contributed by atoms with Crippen LogP contribution in [-0.2, 0) is 9.53 Å². The molecule has 0 aromatic rings. The number of hydrogen-bond donors (Lipinski definition) is 2. The number of aliphatic hydroxyl groups excluding tert-OH is 1. The normalized spacial score (nSPS) is 9.17. The van der Waals surface area contributed by atoms with E-state index >= 15 is 0 Å². The zero-order chi connectivity index (χ0) is 7.44. The van der Waals surface area contributed by atoms with Crippen molar-refractivity contribution in [1.29, 1.82) is 0 Å². The third kappa shape index (κ3) is 15.2. The van der Waals surface area contributed by atoms with Crippen LogP contribution in [0.4, 0.5) is 4.79 Å². The molecule has 0 bridgehead atoms. The first-order valence-electron chi connectivity index (χ1n) is 2.16. The van der Waals surface area contributed by atoms with E-state index in [-0.39, 0.29) is 113 Å². The maximum atomic E-state index is 10.1. The van der Waals surface area contributed by atoms with Crippen LogP contribution in [0.3, 0.4) is 0 Å². The van der Waals surface area contributed by atoms with E-state index in [1.165, 1.54) is 0 Å². The minimum absolute atomic E-state index is 0. The Hall–Kier alpha value is 2.68. The van der Waals surface area contributed by atoms with Gasteiger partial charge in [0.15, 0.2) is 0 Å². The number of rotatable bonds is 1. The van der Waals surface area contributed by atoms with E-state index in [2.05, 4.69) is 4.74 Å². The number of carbonyl (C=O) groups is 2. The van der Waals surface area contributed by atoms with Gasteiger partial charge in [-0.05, 0) is 6.92 Å². The average Bonchev–Trinajstić information content (AvgIpc) is 1.63. The fourth-order valence-corrected chi connectivity index (χ4v) is 0.171. The molecule has 0 amide bonds. The van der Waals surface area contributed by atoms with Gasteiger partial charge in [0.1, 0.15) is 6.10 Å². The molecule has 5 nitrogen and oxygen atoms in total. The molecule has 0 fully saturated rings. The summed E-state index contributed by atoms with van der Waals surface area (Å²) < 4.78 is 3.54. The summed E-state index contributed by atoms with van der Waals surface area (Å²) in [6, 6.07) is 0. The Balaban J connectivity index is -0.000000107. The molecule has 1 atom stereocenters.